The van der Waals surface area contributed by atoms with Gasteiger partial charge in [0.05, 0.1) is 0 Å². The van der Waals surface area contributed by atoms with Crippen molar-refractivity contribution in [1.82, 2.24) is 20.9 Å². The Labute approximate surface area is 174 Å². The highest BCUT2D eigenvalue weighted by molar-refractivity contribution is 6.09. The molecule has 1 aliphatic heterocycles. The zero-order chi connectivity index (χ0) is 22.7. The molecule has 0 radical (unpaired) electrons. The van der Waals surface area contributed by atoms with E-state index in [-0.39, 0.29) is 0 Å². The van der Waals surface area contributed by atoms with Gasteiger partial charge in [-0.25, -0.2) is 9.59 Å². The van der Waals surface area contributed by atoms with Gasteiger partial charge in [0, 0.05) is 5.54 Å². The van der Waals surface area contributed by atoms with Crippen molar-refractivity contribution in [3.63, 3.8) is 0 Å². The number of carbonyl (C=O) groups excluding carboxylic acids is 5. The van der Waals surface area contributed by atoms with Crippen LogP contribution in [0.2, 0.25) is 0 Å². The second-order valence-corrected chi connectivity index (χ2v) is 8.14. The molecule has 2 atom stereocenters. The summed E-state index contributed by atoms with van der Waals surface area (Å²) in [7, 11) is 0. The molecule has 0 unspecified atom stereocenters. The third-order valence-electron chi connectivity index (χ3n) is 4.32. The fraction of sp³-hybridized carbons (Fsp3) is 0.450. The summed E-state index contributed by atoms with van der Waals surface area (Å²) in [6, 6.07) is 7.13. The van der Waals surface area contributed by atoms with Crippen LogP contribution in [0.25, 0.3) is 0 Å². The summed E-state index contributed by atoms with van der Waals surface area (Å²) in [5.74, 6) is -2.41. The van der Waals surface area contributed by atoms with Crippen LogP contribution < -0.4 is 16.0 Å². The van der Waals surface area contributed by atoms with Gasteiger partial charge in [0.1, 0.15) is 12.1 Å². The minimum Gasteiger partial charge on any atom is -0.451 e. The van der Waals surface area contributed by atoms with Gasteiger partial charge < -0.3 is 15.4 Å². The fourth-order valence-corrected chi connectivity index (χ4v) is 2.81. The van der Waals surface area contributed by atoms with Gasteiger partial charge in [0.15, 0.2) is 6.10 Å². The molecular weight excluding hydrogens is 392 g/mol. The molecule has 6 amide bonds. The average Bonchev–Trinajstić information content (AvgIpc) is 2.85. The van der Waals surface area contributed by atoms with Gasteiger partial charge in [0.25, 0.3) is 11.8 Å². The van der Waals surface area contributed by atoms with Crippen molar-refractivity contribution in [3.8, 4) is 0 Å². The number of nitrogens with one attached hydrogen (secondary N) is 3. The maximum atomic E-state index is 12.8. The molecule has 10 heteroatoms. The first kappa shape index (κ1) is 22.9. The van der Waals surface area contributed by atoms with Gasteiger partial charge >= 0.3 is 18.0 Å². The lowest BCUT2D eigenvalue weighted by molar-refractivity contribution is -0.156. The SMILES string of the molecule is C[C@@H](OC(=O)CN1C(=O)N[C@@](C)(c2ccccc2)C1=O)C(=O)NC(=O)NC(C)(C)C. The van der Waals surface area contributed by atoms with E-state index in [1.165, 1.54) is 13.8 Å². The van der Waals surface area contributed by atoms with Crippen LogP contribution in [0.5, 0.6) is 0 Å². The summed E-state index contributed by atoms with van der Waals surface area (Å²) in [6.45, 7) is 7.36. The van der Waals surface area contributed by atoms with E-state index in [1.54, 1.807) is 51.1 Å². The molecule has 10 nitrogen and oxygen atoms in total. The minimum atomic E-state index is -1.31. The highest BCUT2D eigenvalue weighted by atomic mass is 16.5. The predicted molar refractivity (Wildman–Crippen MR) is 106 cm³/mol. The quantitative estimate of drug-likeness (QED) is 0.483. The largest absolute Gasteiger partial charge is 0.451 e. The Hall–Kier alpha value is -3.43. The number of hydrogen-bond donors (Lipinski definition) is 3. The van der Waals surface area contributed by atoms with Crippen LogP contribution >= 0.6 is 0 Å². The molecule has 3 N–H and O–H groups in total. The maximum Gasteiger partial charge on any atom is 0.327 e. The number of carbonyl (C=O) groups is 5. The zero-order valence-electron chi connectivity index (χ0n) is 17.6. The zero-order valence-corrected chi connectivity index (χ0v) is 17.6. The topological polar surface area (TPSA) is 134 Å². The number of benzene rings is 1. The van der Waals surface area contributed by atoms with Crippen molar-refractivity contribution in [1.29, 1.82) is 0 Å². The molecule has 0 aromatic heterocycles. The average molecular weight is 418 g/mol. The Morgan fingerprint density at radius 2 is 1.77 bits per heavy atom. The number of rotatable bonds is 5. The fourth-order valence-electron chi connectivity index (χ4n) is 2.81. The third kappa shape index (κ3) is 5.34. The summed E-state index contributed by atoms with van der Waals surface area (Å²) < 4.78 is 4.97. The van der Waals surface area contributed by atoms with E-state index < -0.39 is 53.6 Å². The van der Waals surface area contributed by atoms with Gasteiger partial charge in [-0.1, -0.05) is 30.3 Å². The molecule has 1 aromatic carbocycles. The lowest BCUT2D eigenvalue weighted by atomic mass is 9.92. The molecule has 2 rings (SSSR count). The highest BCUT2D eigenvalue weighted by Gasteiger charge is 2.49. The summed E-state index contributed by atoms with van der Waals surface area (Å²) in [4.78, 5) is 61.7. The number of amides is 6. The van der Waals surface area contributed by atoms with Crippen molar-refractivity contribution < 1.29 is 28.7 Å². The van der Waals surface area contributed by atoms with Gasteiger partial charge in [-0.05, 0) is 40.2 Å². The molecular formula is C20H26N4O6. The minimum absolute atomic E-state index is 0.556. The lowest BCUT2D eigenvalue weighted by Gasteiger charge is -2.22. The molecule has 0 spiro atoms. The number of urea groups is 2. The Morgan fingerprint density at radius 3 is 2.33 bits per heavy atom. The smallest absolute Gasteiger partial charge is 0.327 e. The Morgan fingerprint density at radius 1 is 1.17 bits per heavy atom. The predicted octanol–water partition coefficient (Wildman–Crippen LogP) is 1.01. The second-order valence-electron chi connectivity index (χ2n) is 8.14. The number of ether oxygens (including phenoxy) is 1. The van der Waals surface area contributed by atoms with Crippen LogP contribution in [-0.2, 0) is 24.7 Å². The maximum absolute atomic E-state index is 12.8. The first-order valence-electron chi connectivity index (χ1n) is 9.35. The van der Waals surface area contributed by atoms with Crippen LogP contribution in [0.1, 0.15) is 40.2 Å². The van der Waals surface area contributed by atoms with Crippen molar-refractivity contribution in [3.05, 3.63) is 35.9 Å². The van der Waals surface area contributed by atoms with E-state index in [9.17, 15) is 24.0 Å². The van der Waals surface area contributed by atoms with Gasteiger partial charge in [0.2, 0.25) is 0 Å². The molecule has 1 aliphatic rings. The molecule has 162 valence electrons. The van der Waals surface area contributed by atoms with Crippen molar-refractivity contribution >= 4 is 29.8 Å². The lowest BCUT2D eigenvalue weighted by Crippen LogP contribution is -2.51. The molecule has 1 heterocycles. The molecule has 0 bridgehead atoms. The third-order valence-corrected chi connectivity index (χ3v) is 4.32. The van der Waals surface area contributed by atoms with Crippen LogP contribution in [-0.4, -0.2) is 52.9 Å². The first-order valence-corrected chi connectivity index (χ1v) is 9.35. The summed E-state index contributed by atoms with van der Waals surface area (Å²) in [5, 5.41) is 7.17. The van der Waals surface area contributed by atoms with Crippen LogP contribution in [0.3, 0.4) is 0 Å². The number of esters is 1. The van der Waals surface area contributed by atoms with Crippen molar-refractivity contribution in [2.75, 3.05) is 6.54 Å². The van der Waals surface area contributed by atoms with Crippen molar-refractivity contribution in [2.45, 2.75) is 51.8 Å². The molecule has 1 aromatic rings. The summed E-state index contributed by atoms with van der Waals surface area (Å²) >= 11 is 0. The number of imide groups is 2. The highest BCUT2D eigenvalue weighted by Crippen LogP contribution is 2.28. The Bertz CT molecular complexity index is 864. The molecule has 30 heavy (non-hydrogen) atoms. The van der Waals surface area contributed by atoms with E-state index in [1.807, 2.05) is 0 Å². The van der Waals surface area contributed by atoms with Gasteiger partial charge in [-0.2, -0.15) is 0 Å². The van der Waals surface area contributed by atoms with Gasteiger partial charge in [-0.15, -0.1) is 0 Å². The Kier molecular flexibility index (Phi) is 6.49. The molecule has 0 aliphatic carbocycles. The number of nitrogens with zero attached hydrogens (tertiary/aromatic N) is 1. The van der Waals surface area contributed by atoms with Crippen LogP contribution in [0.15, 0.2) is 30.3 Å². The normalized spacial score (nSPS) is 19.7. The molecule has 1 fully saturated rings. The van der Waals surface area contributed by atoms with E-state index >= 15 is 0 Å². The van der Waals surface area contributed by atoms with E-state index in [2.05, 4.69) is 16.0 Å². The van der Waals surface area contributed by atoms with Crippen LogP contribution in [0.4, 0.5) is 9.59 Å². The van der Waals surface area contributed by atoms with E-state index in [4.69, 9.17) is 4.74 Å². The second kappa shape index (κ2) is 8.52. The molecule has 1 saturated heterocycles. The Balaban J connectivity index is 1.96. The van der Waals surface area contributed by atoms with E-state index in [0.717, 1.165) is 4.90 Å². The van der Waals surface area contributed by atoms with Crippen molar-refractivity contribution in [2.24, 2.45) is 0 Å². The molecule has 0 saturated carbocycles. The summed E-state index contributed by atoms with van der Waals surface area (Å²) in [5.41, 5.74) is -1.30. The standard InChI is InChI=1S/C20H26N4O6/c1-12(15(26)21-17(28)22-19(2,3)4)30-14(25)11-24-16(27)20(5,23-18(24)29)13-9-7-6-8-10-13/h6-10,12H,11H2,1-5H3,(H,23,29)(H2,21,22,26,28)/t12-,20+/m1/s1. The summed E-state index contributed by atoms with van der Waals surface area (Å²) in [6.07, 6.45) is -1.30. The van der Waals surface area contributed by atoms with Crippen LogP contribution in [0, 0.1) is 0 Å². The van der Waals surface area contributed by atoms with E-state index in [0.29, 0.717) is 5.56 Å². The number of hydrogen-bond acceptors (Lipinski definition) is 6. The van der Waals surface area contributed by atoms with Gasteiger partial charge in [-0.3, -0.25) is 24.6 Å². The monoisotopic (exact) mass is 418 g/mol. The first-order chi connectivity index (χ1) is 13.8.